The van der Waals surface area contributed by atoms with Gasteiger partial charge >= 0.3 is 0 Å². The van der Waals surface area contributed by atoms with Gasteiger partial charge < -0.3 is 14.6 Å². The Balaban J connectivity index is 0.000000177. The molecule has 0 amide bonds. The molecule has 2 aliphatic carbocycles. The van der Waals surface area contributed by atoms with Crippen LogP contribution in [0.1, 0.15) is 73.6 Å². The van der Waals surface area contributed by atoms with Gasteiger partial charge in [0.15, 0.2) is 0 Å². The van der Waals surface area contributed by atoms with E-state index in [0.717, 1.165) is 55.6 Å². The van der Waals surface area contributed by atoms with E-state index in [1.807, 2.05) is 6.07 Å². The van der Waals surface area contributed by atoms with Crippen molar-refractivity contribution in [1.29, 1.82) is 0 Å². The Morgan fingerprint density at radius 3 is 1.55 bits per heavy atom. The predicted molar refractivity (Wildman–Crippen MR) is 174 cm³/mol. The molecule has 2 aromatic carbocycles. The number of aliphatic hydroxyl groups excluding tert-OH is 1. The molecular formula is C35H52N2O6S. The Morgan fingerprint density at radius 2 is 1.14 bits per heavy atom. The summed E-state index contributed by atoms with van der Waals surface area (Å²) in [6.45, 7) is 6.14. The fourth-order valence-electron chi connectivity index (χ4n) is 6.57. The second kappa shape index (κ2) is 16.4. The van der Waals surface area contributed by atoms with E-state index >= 15 is 0 Å². The van der Waals surface area contributed by atoms with Crippen molar-refractivity contribution >= 4 is 10.1 Å². The van der Waals surface area contributed by atoms with Gasteiger partial charge in [0, 0.05) is 57.7 Å². The van der Waals surface area contributed by atoms with Gasteiger partial charge in [0.25, 0.3) is 10.1 Å². The van der Waals surface area contributed by atoms with Crippen molar-refractivity contribution in [2.24, 2.45) is 0 Å². The van der Waals surface area contributed by atoms with Gasteiger partial charge in [-0.15, -0.1) is 0 Å². The lowest BCUT2D eigenvalue weighted by atomic mass is 9.91. The molecule has 0 spiro atoms. The van der Waals surface area contributed by atoms with Crippen LogP contribution in [0.25, 0.3) is 0 Å². The summed E-state index contributed by atoms with van der Waals surface area (Å²) in [7, 11) is -3.36. The molecule has 2 aromatic rings. The molecule has 2 fully saturated rings. The third-order valence-corrected chi connectivity index (χ3v) is 10.2. The maximum absolute atomic E-state index is 10.9. The molecule has 244 valence electrons. The van der Waals surface area contributed by atoms with Crippen LogP contribution in [0.5, 0.6) is 11.5 Å². The van der Waals surface area contributed by atoms with Crippen molar-refractivity contribution in [3.8, 4) is 11.5 Å². The minimum atomic E-state index is -3.36. The monoisotopic (exact) mass is 628 g/mol. The van der Waals surface area contributed by atoms with Gasteiger partial charge in [-0.1, -0.05) is 25.0 Å². The SMILES string of the molecule is CS(=O)(=O)OCCCOc1ccc2c(c1)CCN(C1CCC1)CC2.OCCCOc1ccc2c(c1)CCN(C1CCC1)CC2. The quantitative estimate of drug-likeness (QED) is 0.265. The predicted octanol–water partition coefficient (Wildman–Crippen LogP) is 4.79. The average Bonchev–Trinajstić information content (AvgIpc) is 3.28. The molecule has 6 rings (SSSR count). The highest BCUT2D eigenvalue weighted by Gasteiger charge is 2.27. The van der Waals surface area contributed by atoms with Crippen LogP contribution in [0.4, 0.5) is 0 Å². The zero-order valence-electron chi connectivity index (χ0n) is 26.6. The van der Waals surface area contributed by atoms with Crippen LogP contribution in [-0.2, 0) is 40.0 Å². The first-order chi connectivity index (χ1) is 21.4. The Morgan fingerprint density at radius 1 is 0.682 bits per heavy atom. The van der Waals surface area contributed by atoms with Crippen molar-refractivity contribution in [2.75, 3.05) is 58.9 Å². The fourth-order valence-corrected chi connectivity index (χ4v) is 6.99. The Hall–Kier alpha value is -2.17. The van der Waals surface area contributed by atoms with Crippen molar-refractivity contribution in [3.05, 3.63) is 58.7 Å². The second-order valence-electron chi connectivity index (χ2n) is 12.8. The lowest BCUT2D eigenvalue weighted by molar-refractivity contribution is 0.133. The number of ether oxygens (including phenoxy) is 2. The molecule has 0 radical (unpaired) electrons. The van der Waals surface area contributed by atoms with Crippen LogP contribution in [0.3, 0.4) is 0 Å². The van der Waals surface area contributed by atoms with E-state index in [9.17, 15) is 8.42 Å². The Labute approximate surface area is 264 Å². The molecule has 2 aliphatic heterocycles. The largest absolute Gasteiger partial charge is 0.493 e. The number of rotatable bonds is 12. The summed E-state index contributed by atoms with van der Waals surface area (Å²) in [6, 6.07) is 14.5. The number of fused-ring (bicyclic) bond motifs is 2. The Bertz CT molecular complexity index is 1290. The molecule has 0 aromatic heterocycles. The molecule has 4 aliphatic rings. The maximum Gasteiger partial charge on any atom is 0.264 e. The van der Waals surface area contributed by atoms with Crippen LogP contribution >= 0.6 is 0 Å². The zero-order chi connectivity index (χ0) is 30.8. The average molecular weight is 629 g/mol. The van der Waals surface area contributed by atoms with E-state index in [4.69, 9.17) is 18.8 Å². The molecular weight excluding hydrogens is 576 g/mol. The van der Waals surface area contributed by atoms with Crippen molar-refractivity contribution < 1.29 is 27.2 Å². The van der Waals surface area contributed by atoms with Gasteiger partial charge in [-0.25, -0.2) is 0 Å². The minimum Gasteiger partial charge on any atom is -0.493 e. The van der Waals surface area contributed by atoms with E-state index in [1.165, 1.54) is 86.8 Å². The first kappa shape index (κ1) is 33.2. The molecule has 44 heavy (non-hydrogen) atoms. The summed E-state index contributed by atoms with van der Waals surface area (Å²) in [5.74, 6) is 1.82. The van der Waals surface area contributed by atoms with Crippen molar-refractivity contribution in [2.45, 2.75) is 89.1 Å². The first-order valence-electron chi connectivity index (χ1n) is 16.8. The molecule has 0 atom stereocenters. The van der Waals surface area contributed by atoms with Crippen LogP contribution in [0, 0.1) is 0 Å². The second-order valence-corrected chi connectivity index (χ2v) is 14.4. The molecule has 2 saturated carbocycles. The number of aliphatic hydroxyl groups is 1. The highest BCUT2D eigenvalue weighted by Crippen LogP contribution is 2.30. The van der Waals surface area contributed by atoms with E-state index in [2.05, 4.69) is 40.1 Å². The van der Waals surface area contributed by atoms with Crippen LogP contribution in [0.15, 0.2) is 36.4 Å². The van der Waals surface area contributed by atoms with Gasteiger partial charge in [0.1, 0.15) is 11.5 Å². The van der Waals surface area contributed by atoms with Crippen LogP contribution in [0.2, 0.25) is 0 Å². The molecule has 0 unspecified atom stereocenters. The number of hydrogen-bond acceptors (Lipinski definition) is 8. The van der Waals surface area contributed by atoms with Gasteiger partial charge in [-0.2, -0.15) is 8.42 Å². The van der Waals surface area contributed by atoms with Crippen LogP contribution in [-0.4, -0.2) is 94.3 Å². The summed E-state index contributed by atoms with van der Waals surface area (Å²) < 4.78 is 37.9. The lowest BCUT2D eigenvalue weighted by Crippen LogP contribution is -2.41. The molecule has 1 N–H and O–H groups in total. The normalized spacial score (nSPS) is 19.7. The zero-order valence-corrected chi connectivity index (χ0v) is 27.4. The van der Waals surface area contributed by atoms with Gasteiger partial charge in [0.2, 0.25) is 0 Å². The molecule has 0 saturated heterocycles. The summed E-state index contributed by atoms with van der Waals surface area (Å²) in [4.78, 5) is 5.32. The molecule has 0 bridgehead atoms. The number of benzene rings is 2. The standard InChI is InChI=1S/C18H27NO4S.C17H25NO2/c1-24(20,21)23-13-3-12-22-18-7-6-15-8-10-19(17-4-2-5-17)11-9-16(15)14-18;19-11-2-12-20-17-6-5-14-7-9-18(16-3-1-4-16)10-8-15(14)13-17/h6-7,14,17H,2-5,8-13H2,1H3;5-6,13,16,19H,1-4,7-12H2. The topological polar surface area (TPSA) is 88.5 Å². The van der Waals surface area contributed by atoms with Crippen molar-refractivity contribution in [1.82, 2.24) is 9.80 Å². The molecule has 2 heterocycles. The van der Waals surface area contributed by atoms with Gasteiger partial charge in [-0.05, 0) is 97.9 Å². The summed E-state index contributed by atoms with van der Waals surface area (Å²) in [6.07, 6.45) is 15.1. The lowest BCUT2D eigenvalue weighted by Gasteiger charge is -2.36. The van der Waals surface area contributed by atoms with E-state index in [0.29, 0.717) is 26.1 Å². The van der Waals surface area contributed by atoms with Gasteiger partial charge in [-0.3, -0.25) is 14.0 Å². The number of nitrogens with zero attached hydrogens (tertiary/aromatic N) is 2. The van der Waals surface area contributed by atoms with E-state index in [-0.39, 0.29) is 13.2 Å². The maximum atomic E-state index is 10.9. The Kier molecular flexibility index (Phi) is 12.4. The summed E-state index contributed by atoms with van der Waals surface area (Å²) in [5, 5.41) is 8.80. The highest BCUT2D eigenvalue weighted by molar-refractivity contribution is 7.85. The highest BCUT2D eigenvalue weighted by atomic mass is 32.2. The third kappa shape index (κ3) is 9.91. The summed E-state index contributed by atoms with van der Waals surface area (Å²) >= 11 is 0. The molecule has 8 nitrogen and oxygen atoms in total. The van der Waals surface area contributed by atoms with Gasteiger partial charge in [0.05, 0.1) is 26.1 Å². The minimum absolute atomic E-state index is 0.167. The van der Waals surface area contributed by atoms with Crippen LogP contribution < -0.4 is 9.47 Å². The van der Waals surface area contributed by atoms with Crippen molar-refractivity contribution in [3.63, 3.8) is 0 Å². The first-order valence-corrected chi connectivity index (χ1v) is 18.6. The fraction of sp³-hybridized carbons (Fsp3) is 0.657. The summed E-state index contributed by atoms with van der Waals surface area (Å²) in [5.41, 5.74) is 5.76. The molecule has 9 heteroatoms. The third-order valence-electron chi connectivity index (χ3n) is 9.64. The van der Waals surface area contributed by atoms with E-state index in [1.54, 1.807) is 0 Å². The van der Waals surface area contributed by atoms with E-state index < -0.39 is 10.1 Å². The smallest absolute Gasteiger partial charge is 0.264 e. The number of hydrogen-bond donors (Lipinski definition) is 1.